The molecule has 1 N–H and O–H groups in total. The third-order valence-corrected chi connectivity index (χ3v) is 5.03. The van der Waals surface area contributed by atoms with Gasteiger partial charge in [-0.15, -0.1) is 0 Å². The number of carbonyl (C=O) groups is 1. The number of aromatic carboxylic acids is 1. The minimum absolute atomic E-state index is 0.0814. The number of rotatable bonds is 7. The second-order valence-electron chi connectivity index (χ2n) is 7.17. The van der Waals surface area contributed by atoms with E-state index in [9.17, 15) is 4.79 Å². The molecule has 0 spiro atoms. The molecule has 0 amide bonds. The number of ether oxygens (including phenoxy) is 2. The predicted octanol–water partition coefficient (Wildman–Crippen LogP) is 2.83. The monoisotopic (exact) mass is 407 g/mol. The maximum absolute atomic E-state index is 11.2. The predicted molar refractivity (Wildman–Crippen MR) is 107 cm³/mol. The molecule has 0 unspecified atom stereocenters. The van der Waals surface area contributed by atoms with E-state index in [1.54, 1.807) is 33.4 Å². The Morgan fingerprint density at radius 1 is 1.13 bits per heavy atom. The Bertz CT molecular complexity index is 1090. The van der Waals surface area contributed by atoms with Crippen molar-refractivity contribution in [1.82, 2.24) is 24.9 Å². The van der Waals surface area contributed by atoms with E-state index >= 15 is 0 Å². The van der Waals surface area contributed by atoms with Gasteiger partial charge in [-0.3, -0.25) is 4.98 Å². The first-order chi connectivity index (χ1) is 14.5. The number of carboxylic acids is 1. The van der Waals surface area contributed by atoms with Crippen LogP contribution in [0, 0.1) is 19.8 Å². The van der Waals surface area contributed by atoms with Gasteiger partial charge in [0.15, 0.2) is 5.69 Å². The van der Waals surface area contributed by atoms with E-state index in [0.717, 1.165) is 17.9 Å². The van der Waals surface area contributed by atoms with Crippen molar-refractivity contribution in [3.05, 3.63) is 53.6 Å². The third kappa shape index (κ3) is 4.05. The van der Waals surface area contributed by atoms with Crippen molar-refractivity contribution in [1.29, 1.82) is 0 Å². The molecular formula is C21H21N5O4. The van der Waals surface area contributed by atoms with Crippen LogP contribution in [0.1, 0.15) is 40.0 Å². The first-order valence-corrected chi connectivity index (χ1v) is 9.50. The van der Waals surface area contributed by atoms with E-state index in [0.29, 0.717) is 47.1 Å². The number of methoxy groups -OCH3 is 1. The van der Waals surface area contributed by atoms with Gasteiger partial charge >= 0.3 is 5.97 Å². The zero-order valence-corrected chi connectivity index (χ0v) is 16.9. The number of nitrogens with zero attached hydrogens (tertiary/aromatic N) is 5. The van der Waals surface area contributed by atoms with E-state index in [4.69, 9.17) is 14.6 Å². The maximum Gasteiger partial charge on any atom is 0.356 e. The van der Waals surface area contributed by atoms with Gasteiger partial charge in [0.2, 0.25) is 5.88 Å². The van der Waals surface area contributed by atoms with Gasteiger partial charge in [0.1, 0.15) is 11.6 Å². The van der Waals surface area contributed by atoms with Crippen molar-refractivity contribution in [2.75, 3.05) is 13.7 Å². The Balaban J connectivity index is 1.49. The summed E-state index contributed by atoms with van der Waals surface area (Å²) in [6.45, 7) is 3.87. The lowest BCUT2D eigenvalue weighted by Crippen LogP contribution is -2.08. The summed E-state index contributed by atoms with van der Waals surface area (Å²) in [7, 11) is 1.62. The molecule has 9 heteroatoms. The smallest absolute Gasteiger partial charge is 0.356 e. The molecule has 3 aromatic heterocycles. The summed E-state index contributed by atoms with van der Waals surface area (Å²) in [5, 5.41) is 9.15. The highest BCUT2D eigenvalue weighted by Gasteiger charge is 2.40. The Hall–Kier alpha value is -3.62. The molecule has 3 aromatic rings. The summed E-state index contributed by atoms with van der Waals surface area (Å²) in [6, 6.07) is 3.89. The number of aryl methyl sites for hydroxylation is 2. The van der Waals surface area contributed by atoms with E-state index in [1.165, 1.54) is 6.20 Å². The summed E-state index contributed by atoms with van der Waals surface area (Å²) in [5.41, 5.74) is 2.31. The molecule has 1 aliphatic rings. The van der Waals surface area contributed by atoms with Crippen LogP contribution < -0.4 is 9.47 Å². The first kappa shape index (κ1) is 19.7. The van der Waals surface area contributed by atoms with Gasteiger partial charge in [0, 0.05) is 23.7 Å². The highest BCUT2D eigenvalue weighted by atomic mass is 16.5. The van der Waals surface area contributed by atoms with Gasteiger partial charge in [0.25, 0.3) is 0 Å². The van der Waals surface area contributed by atoms with Crippen molar-refractivity contribution in [2.24, 2.45) is 5.92 Å². The number of hydrogen-bond acceptors (Lipinski definition) is 8. The van der Waals surface area contributed by atoms with Crippen LogP contribution in [0.2, 0.25) is 0 Å². The van der Waals surface area contributed by atoms with Gasteiger partial charge in [-0.1, -0.05) is 0 Å². The largest absolute Gasteiger partial charge is 0.495 e. The second kappa shape index (κ2) is 8.02. The second-order valence-corrected chi connectivity index (χ2v) is 7.17. The molecule has 0 radical (unpaired) electrons. The van der Waals surface area contributed by atoms with Gasteiger partial charge < -0.3 is 14.6 Å². The fraction of sp³-hybridized carbons (Fsp3) is 0.333. The van der Waals surface area contributed by atoms with Crippen LogP contribution in [0.25, 0.3) is 11.3 Å². The van der Waals surface area contributed by atoms with Crippen molar-refractivity contribution in [3.63, 3.8) is 0 Å². The zero-order chi connectivity index (χ0) is 21.3. The van der Waals surface area contributed by atoms with Crippen LogP contribution in [0.15, 0.2) is 30.7 Å². The lowest BCUT2D eigenvalue weighted by molar-refractivity contribution is 0.0689. The topological polar surface area (TPSA) is 120 Å². The van der Waals surface area contributed by atoms with Crippen molar-refractivity contribution >= 4 is 5.97 Å². The van der Waals surface area contributed by atoms with Crippen molar-refractivity contribution < 1.29 is 19.4 Å². The van der Waals surface area contributed by atoms with Gasteiger partial charge in [-0.25, -0.2) is 19.7 Å². The standard InChI is InChI=1S/C21H21N5O4/c1-11-19(21(27)28)24-9-18(25-11)16-8-22-12(2)26-20(16)30-10-13-6-15(13)17-5-4-14(29-3)7-23-17/h4-5,7-9,13,15H,6,10H2,1-3H3,(H,27,28)/t13-,15+/m1/s1. The summed E-state index contributed by atoms with van der Waals surface area (Å²) in [6.07, 6.45) is 5.74. The van der Waals surface area contributed by atoms with Crippen LogP contribution in [0.3, 0.4) is 0 Å². The highest BCUT2D eigenvalue weighted by Crippen LogP contribution is 2.47. The van der Waals surface area contributed by atoms with Crippen molar-refractivity contribution in [2.45, 2.75) is 26.2 Å². The normalized spacial score (nSPS) is 17.4. The van der Waals surface area contributed by atoms with E-state index in [2.05, 4.69) is 24.9 Å². The van der Waals surface area contributed by atoms with E-state index < -0.39 is 5.97 Å². The molecular weight excluding hydrogens is 386 g/mol. The molecule has 1 saturated carbocycles. The van der Waals surface area contributed by atoms with Crippen LogP contribution in [0.5, 0.6) is 11.6 Å². The quantitative estimate of drug-likeness (QED) is 0.630. The van der Waals surface area contributed by atoms with Crippen LogP contribution >= 0.6 is 0 Å². The molecule has 3 heterocycles. The summed E-state index contributed by atoms with van der Waals surface area (Å²) in [4.78, 5) is 32.6. The summed E-state index contributed by atoms with van der Waals surface area (Å²) < 4.78 is 11.2. The molecule has 1 fully saturated rings. The SMILES string of the molecule is COc1ccc([C@H]2C[C@@H]2COc2nc(C)ncc2-c2cnc(C(=O)O)c(C)n2)nc1. The molecule has 0 bridgehead atoms. The molecule has 0 aliphatic heterocycles. The number of carboxylic acid groups (broad SMARTS) is 1. The lowest BCUT2D eigenvalue weighted by atomic mass is 10.2. The van der Waals surface area contributed by atoms with E-state index in [1.807, 2.05) is 12.1 Å². The molecule has 0 aromatic carbocycles. The lowest BCUT2D eigenvalue weighted by Gasteiger charge is -2.11. The average Bonchev–Trinajstić information content (AvgIpc) is 3.52. The minimum atomic E-state index is -1.12. The van der Waals surface area contributed by atoms with Gasteiger partial charge in [0.05, 0.1) is 43.1 Å². The molecule has 4 rings (SSSR count). The molecule has 1 aliphatic carbocycles. The molecule has 0 saturated heterocycles. The zero-order valence-electron chi connectivity index (χ0n) is 16.9. The van der Waals surface area contributed by atoms with Crippen LogP contribution in [-0.2, 0) is 0 Å². The molecule has 9 nitrogen and oxygen atoms in total. The van der Waals surface area contributed by atoms with Gasteiger partial charge in [-0.2, -0.15) is 4.98 Å². The maximum atomic E-state index is 11.2. The van der Waals surface area contributed by atoms with Crippen molar-refractivity contribution in [3.8, 4) is 22.9 Å². The number of aromatic nitrogens is 5. The van der Waals surface area contributed by atoms with Crippen LogP contribution in [-0.4, -0.2) is 49.7 Å². The third-order valence-electron chi connectivity index (χ3n) is 5.03. The van der Waals surface area contributed by atoms with Gasteiger partial charge in [-0.05, 0) is 32.4 Å². The van der Waals surface area contributed by atoms with E-state index in [-0.39, 0.29) is 5.69 Å². The number of hydrogen-bond donors (Lipinski definition) is 1. The molecule has 30 heavy (non-hydrogen) atoms. The minimum Gasteiger partial charge on any atom is -0.495 e. The van der Waals surface area contributed by atoms with Crippen LogP contribution in [0.4, 0.5) is 0 Å². The molecule has 154 valence electrons. The molecule has 2 atom stereocenters. The fourth-order valence-corrected chi connectivity index (χ4v) is 3.27. The summed E-state index contributed by atoms with van der Waals surface area (Å²) >= 11 is 0. The summed E-state index contributed by atoms with van der Waals surface area (Å²) in [5.74, 6) is 1.29. The first-order valence-electron chi connectivity index (χ1n) is 9.50. The Morgan fingerprint density at radius 2 is 1.97 bits per heavy atom. The number of pyridine rings is 1. The Labute approximate surface area is 173 Å². The Morgan fingerprint density at radius 3 is 2.63 bits per heavy atom. The highest BCUT2D eigenvalue weighted by molar-refractivity contribution is 5.86. The average molecular weight is 407 g/mol. The fourth-order valence-electron chi connectivity index (χ4n) is 3.27. The Kier molecular flexibility index (Phi) is 5.26.